The number of halogens is 1. The second-order valence-electron chi connectivity index (χ2n) is 6.45. The summed E-state index contributed by atoms with van der Waals surface area (Å²) in [6, 6.07) is 9.25. The van der Waals surface area contributed by atoms with E-state index in [0.29, 0.717) is 23.1 Å². The van der Waals surface area contributed by atoms with Crippen LogP contribution in [-0.4, -0.2) is 33.9 Å². The van der Waals surface area contributed by atoms with Gasteiger partial charge in [0, 0.05) is 6.42 Å². The standard InChI is InChI=1S/C21H18FN3O3/c22-14-6-3-13(4-7-14)5-9-17-19-18(25-24-17)10-8-16(20(19)26)21(27)23-12-15-2-1-11-28-15/h1,3-11,15,26H,2,12H2,(H,23,27)(H,24,25)/b9-5+. The van der Waals surface area contributed by atoms with Crippen LogP contribution in [0.15, 0.2) is 48.7 Å². The predicted octanol–water partition coefficient (Wildman–Crippen LogP) is 3.61. The van der Waals surface area contributed by atoms with Gasteiger partial charge in [0.1, 0.15) is 17.7 Å². The lowest BCUT2D eigenvalue weighted by molar-refractivity contribution is 0.0915. The lowest BCUT2D eigenvalue weighted by Gasteiger charge is -2.12. The van der Waals surface area contributed by atoms with Gasteiger partial charge in [-0.05, 0) is 42.0 Å². The fourth-order valence-corrected chi connectivity index (χ4v) is 3.04. The Bertz CT molecular complexity index is 1060. The first-order valence-electron chi connectivity index (χ1n) is 8.84. The molecule has 4 rings (SSSR count). The Morgan fingerprint density at radius 2 is 2.11 bits per heavy atom. The second kappa shape index (κ2) is 7.56. The van der Waals surface area contributed by atoms with E-state index in [4.69, 9.17) is 4.74 Å². The Hall–Kier alpha value is -3.61. The van der Waals surface area contributed by atoms with Gasteiger partial charge in [0.2, 0.25) is 0 Å². The Labute approximate surface area is 160 Å². The van der Waals surface area contributed by atoms with E-state index in [-0.39, 0.29) is 29.1 Å². The van der Waals surface area contributed by atoms with Gasteiger partial charge in [-0.25, -0.2) is 4.39 Å². The largest absolute Gasteiger partial charge is 0.506 e. The number of H-pyrrole nitrogens is 1. The summed E-state index contributed by atoms with van der Waals surface area (Å²) in [7, 11) is 0. The van der Waals surface area contributed by atoms with Crippen molar-refractivity contribution < 1.29 is 19.0 Å². The summed E-state index contributed by atoms with van der Waals surface area (Å²) >= 11 is 0. The first-order chi connectivity index (χ1) is 13.6. The van der Waals surface area contributed by atoms with Crippen molar-refractivity contribution in [1.82, 2.24) is 15.5 Å². The van der Waals surface area contributed by atoms with Gasteiger partial charge in [-0.15, -0.1) is 0 Å². The molecule has 0 fully saturated rings. The summed E-state index contributed by atoms with van der Waals surface area (Å²) in [5, 5.41) is 20.9. The molecule has 28 heavy (non-hydrogen) atoms. The average Bonchev–Trinajstić information content (AvgIpc) is 3.36. The maximum Gasteiger partial charge on any atom is 0.255 e. The number of carbonyl (C=O) groups excluding carboxylic acids is 1. The molecule has 1 atom stereocenters. The molecule has 2 heterocycles. The first-order valence-corrected chi connectivity index (χ1v) is 8.84. The van der Waals surface area contributed by atoms with E-state index in [1.807, 2.05) is 6.08 Å². The van der Waals surface area contributed by atoms with Crippen molar-refractivity contribution in [1.29, 1.82) is 0 Å². The Balaban J connectivity index is 1.58. The summed E-state index contributed by atoms with van der Waals surface area (Å²) in [5.41, 5.74) is 2.04. The van der Waals surface area contributed by atoms with Crippen LogP contribution in [0, 0.1) is 5.82 Å². The monoisotopic (exact) mass is 379 g/mol. The molecule has 0 saturated heterocycles. The highest BCUT2D eigenvalue weighted by molar-refractivity contribution is 6.05. The molecule has 1 aliphatic heterocycles. The fourth-order valence-electron chi connectivity index (χ4n) is 3.04. The maximum atomic E-state index is 13.0. The number of hydrogen-bond donors (Lipinski definition) is 3. The lowest BCUT2D eigenvalue weighted by atomic mass is 10.1. The Kier molecular flexibility index (Phi) is 4.80. The number of aromatic amines is 1. The quantitative estimate of drug-likeness (QED) is 0.632. The Morgan fingerprint density at radius 1 is 1.29 bits per heavy atom. The minimum atomic E-state index is -0.385. The third-order valence-corrected chi connectivity index (χ3v) is 4.54. The first kappa shape index (κ1) is 17.8. The van der Waals surface area contributed by atoms with Crippen LogP contribution in [0.3, 0.4) is 0 Å². The number of benzene rings is 2. The molecule has 2 aromatic carbocycles. The van der Waals surface area contributed by atoms with Crippen molar-refractivity contribution in [2.75, 3.05) is 6.54 Å². The third-order valence-electron chi connectivity index (χ3n) is 4.54. The molecule has 7 heteroatoms. The van der Waals surface area contributed by atoms with Crippen LogP contribution in [0.1, 0.15) is 28.0 Å². The van der Waals surface area contributed by atoms with Gasteiger partial charge >= 0.3 is 0 Å². The molecule has 142 valence electrons. The number of carbonyl (C=O) groups is 1. The number of hydrogen-bond acceptors (Lipinski definition) is 4. The number of aromatic nitrogens is 2. The molecular formula is C21H18FN3O3. The molecule has 0 radical (unpaired) electrons. The van der Waals surface area contributed by atoms with Crippen molar-refractivity contribution in [2.24, 2.45) is 0 Å². The zero-order chi connectivity index (χ0) is 19.5. The summed E-state index contributed by atoms with van der Waals surface area (Å²) in [4.78, 5) is 12.5. The molecule has 1 aromatic heterocycles. The van der Waals surface area contributed by atoms with E-state index < -0.39 is 0 Å². The van der Waals surface area contributed by atoms with Gasteiger partial charge in [-0.2, -0.15) is 5.10 Å². The van der Waals surface area contributed by atoms with Gasteiger partial charge in [0.15, 0.2) is 0 Å². The minimum absolute atomic E-state index is 0.0852. The van der Waals surface area contributed by atoms with Crippen molar-refractivity contribution in [3.05, 3.63) is 71.4 Å². The van der Waals surface area contributed by atoms with Crippen molar-refractivity contribution in [2.45, 2.75) is 12.5 Å². The van der Waals surface area contributed by atoms with Crippen LogP contribution in [0.2, 0.25) is 0 Å². The molecule has 0 aliphatic carbocycles. The smallest absolute Gasteiger partial charge is 0.255 e. The minimum Gasteiger partial charge on any atom is -0.506 e. The van der Waals surface area contributed by atoms with Crippen LogP contribution >= 0.6 is 0 Å². The van der Waals surface area contributed by atoms with Crippen LogP contribution < -0.4 is 5.32 Å². The molecule has 1 aliphatic rings. The number of ether oxygens (including phenoxy) is 1. The normalized spacial score (nSPS) is 16.0. The van der Waals surface area contributed by atoms with Gasteiger partial charge < -0.3 is 15.2 Å². The third kappa shape index (κ3) is 3.59. The zero-order valence-electron chi connectivity index (χ0n) is 14.9. The van der Waals surface area contributed by atoms with Crippen LogP contribution in [0.25, 0.3) is 23.1 Å². The van der Waals surface area contributed by atoms with Crippen LogP contribution in [0.4, 0.5) is 4.39 Å². The van der Waals surface area contributed by atoms with E-state index in [1.54, 1.807) is 42.7 Å². The fraction of sp³-hybridized carbons (Fsp3) is 0.143. The molecule has 1 amide bonds. The van der Waals surface area contributed by atoms with Crippen molar-refractivity contribution >= 4 is 29.0 Å². The van der Waals surface area contributed by atoms with Crippen LogP contribution in [0.5, 0.6) is 5.75 Å². The van der Waals surface area contributed by atoms with E-state index in [9.17, 15) is 14.3 Å². The van der Waals surface area contributed by atoms with Gasteiger partial charge in [-0.3, -0.25) is 9.89 Å². The topological polar surface area (TPSA) is 87.2 Å². The number of amides is 1. The number of nitrogens with zero attached hydrogens (tertiary/aromatic N) is 1. The number of fused-ring (bicyclic) bond motifs is 1. The summed E-state index contributed by atoms with van der Waals surface area (Å²) < 4.78 is 18.3. The SMILES string of the molecule is O=C(NCC1CC=CO1)c1ccc2[nH]nc(/C=C/c3ccc(F)cc3)c2c1O. The second-order valence-corrected chi connectivity index (χ2v) is 6.45. The molecule has 0 saturated carbocycles. The maximum absolute atomic E-state index is 13.0. The molecule has 0 spiro atoms. The number of rotatable bonds is 5. The predicted molar refractivity (Wildman–Crippen MR) is 104 cm³/mol. The molecule has 3 N–H and O–H groups in total. The number of phenolic OH excluding ortho intramolecular Hbond substituents is 1. The summed E-state index contributed by atoms with van der Waals surface area (Å²) in [6.07, 6.45) is 7.62. The van der Waals surface area contributed by atoms with Gasteiger partial charge in [-0.1, -0.05) is 18.2 Å². The molecular weight excluding hydrogens is 361 g/mol. The highest BCUT2D eigenvalue weighted by Gasteiger charge is 2.19. The number of aromatic hydroxyl groups is 1. The zero-order valence-corrected chi connectivity index (χ0v) is 14.9. The molecule has 6 nitrogen and oxygen atoms in total. The van der Waals surface area contributed by atoms with E-state index >= 15 is 0 Å². The lowest BCUT2D eigenvalue weighted by Crippen LogP contribution is -2.31. The van der Waals surface area contributed by atoms with Crippen molar-refractivity contribution in [3.8, 4) is 5.75 Å². The number of phenols is 1. The summed E-state index contributed by atoms with van der Waals surface area (Å²) in [6.45, 7) is 0.353. The van der Waals surface area contributed by atoms with E-state index in [2.05, 4.69) is 15.5 Å². The van der Waals surface area contributed by atoms with E-state index in [1.165, 1.54) is 12.1 Å². The highest BCUT2D eigenvalue weighted by atomic mass is 19.1. The Morgan fingerprint density at radius 3 is 2.86 bits per heavy atom. The molecule has 0 bridgehead atoms. The number of nitrogens with one attached hydrogen (secondary N) is 2. The average molecular weight is 379 g/mol. The van der Waals surface area contributed by atoms with Gasteiger partial charge in [0.25, 0.3) is 5.91 Å². The highest BCUT2D eigenvalue weighted by Crippen LogP contribution is 2.31. The van der Waals surface area contributed by atoms with Gasteiger partial charge in [0.05, 0.1) is 35.0 Å². The van der Waals surface area contributed by atoms with E-state index in [0.717, 1.165) is 12.0 Å². The summed E-state index contributed by atoms with van der Waals surface area (Å²) in [5.74, 6) is -0.841. The van der Waals surface area contributed by atoms with Crippen LogP contribution in [-0.2, 0) is 4.74 Å². The van der Waals surface area contributed by atoms with Crippen molar-refractivity contribution in [3.63, 3.8) is 0 Å². The molecule has 3 aromatic rings. The molecule has 1 unspecified atom stereocenters.